The predicted octanol–water partition coefficient (Wildman–Crippen LogP) is 4.21. The summed E-state index contributed by atoms with van der Waals surface area (Å²) in [7, 11) is -3.73. The summed E-state index contributed by atoms with van der Waals surface area (Å²) >= 11 is 5.72. The van der Waals surface area contributed by atoms with Gasteiger partial charge >= 0.3 is 6.18 Å². The van der Waals surface area contributed by atoms with Gasteiger partial charge in [0, 0.05) is 18.0 Å². The Bertz CT molecular complexity index is 1090. The number of anilines is 1. The number of amides is 1. The molecule has 2 rings (SSSR count). The number of nitro benzene ring substituents is 1. The minimum atomic E-state index is -5.04. The quantitative estimate of drug-likeness (QED) is 0.361. The minimum Gasteiger partial charge on any atom is -0.326 e. The highest BCUT2D eigenvalue weighted by Gasteiger charge is 2.39. The number of alkyl halides is 3. The zero-order valence-electron chi connectivity index (χ0n) is 16.2. The highest BCUT2D eigenvalue weighted by molar-refractivity contribution is 7.92. The number of nitrogens with zero attached hydrogens (tertiary/aromatic N) is 2. The van der Waals surface area contributed by atoms with E-state index in [2.05, 4.69) is 10.3 Å². The Labute approximate surface area is 180 Å². The van der Waals surface area contributed by atoms with Crippen molar-refractivity contribution in [1.29, 1.82) is 0 Å². The van der Waals surface area contributed by atoms with Crippen molar-refractivity contribution in [3.05, 3.63) is 62.9 Å². The summed E-state index contributed by atoms with van der Waals surface area (Å²) in [4.78, 5) is 26.3. The predicted molar refractivity (Wildman–Crippen MR) is 108 cm³/mol. The molecular formula is C18H17ClF3N3O5S. The molecule has 0 aliphatic rings. The van der Waals surface area contributed by atoms with Crippen LogP contribution in [0.4, 0.5) is 24.5 Å². The molecule has 1 atom stereocenters. The molecule has 1 unspecified atom stereocenters. The first-order valence-corrected chi connectivity index (χ1v) is 10.8. The van der Waals surface area contributed by atoms with E-state index in [-0.39, 0.29) is 16.4 Å². The third-order valence-corrected chi connectivity index (χ3v) is 6.81. The maximum absolute atomic E-state index is 13.2. The summed E-state index contributed by atoms with van der Waals surface area (Å²) in [6.07, 6.45) is -3.84. The number of hydrogen-bond donors (Lipinski definition) is 1. The van der Waals surface area contributed by atoms with Gasteiger partial charge in [-0.2, -0.15) is 13.2 Å². The molecule has 0 bridgehead atoms. The number of nitrogens with one attached hydrogen (secondary N) is 1. The fraction of sp³-hybridized carbons (Fsp3) is 0.333. The number of nitro groups is 1. The monoisotopic (exact) mass is 479 g/mol. The van der Waals surface area contributed by atoms with Gasteiger partial charge in [0.15, 0.2) is 9.84 Å². The molecule has 1 N–H and O–H groups in total. The van der Waals surface area contributed by atoms with E-state index in [1.54, 1.807) is 0 Å². The fourth-order valence-electron chi connectivity index (χ4n) is 2.57. The molecule has 0 aliphatic heterocycles. The number of sulfone groups is 1. The first-order chi connectivity index (χ1) is 14.2. The number of pyridine rings is 1. The molecule has 31 heavy (non-hydrogen) atoms. The Hall–Kier alpha value is -2.73. The van der Waals surface area contributed by atoms with E-state index in [9.17, 15) is 36.5 Å². The Morgan fingerprint density at radius 2 is 1.90 bits per heavy atom. The average molecular weight is 480 g/mol. The Balaban J connectivity index is 2.44. The zero-order chi connectivity index (χ0) is 23.6. The van der Waals surface area contributed by atoms with Crippen LogP contribution in [0.5, 0.6) is 0 Å². The summed E-state index contributed by atoms with van der Waals surface area (Å²) < 4.78 is 64.3. The second-order valence-corrected chi connectivity index (χ2v) is 9.81. The fourth-order valence-corrected chi connectivity index (χ4v) is 3.88. The average Bonchev–Trinajstić information content (AvgIpc) is 2.66. The maximum Gasteiger partial charge on any atom is 0.423 e. The van der Waals surface area contributed by atoms with E-state index in [1.807, 2.05) is 0 Å². The third-order valence-electron chi connectivity index (χ3n) is 4.35. The largest absolute Gasteiger partial charge is 0.423 e. The molecule has 0 saturated heterocycles. The van der Waals surface area contributed by atoms with E-state index in [0.717, 1.165) is 6.07 Å². The van der Waals surface area contributed by atoms with Crippen molar-refractivity contribution in [2.75, 3.05) is 11.1 Å². The Morgan fingerprint density at radius 3 is 2.39 bits per heavy atom. The number of hydrogen-bond acceptors (Lipinski definition) is 6. The highest BCUT2D eigenvalue weighted by Crippen LogP contribution is 2.37. The molecule has 2 aromatic rings. The first kappa shape index (κ1) is 24.5. The molecule has 13 heteroatoms. The summed E-state index contributed by atoms with van der Waals surface area (Å²) in [5, 5.41) is 12.4. The number of carbonyl (C=O) groups excluding carboxylic acids is 1. The molecule has 0 aliphatic carbocycles. The maximum atomic E-state index is 13.2. The molecule has 1 aromatic heterocycles. The van der Waals surface area contributed by atoms with Crippen LogP contribution in [-0.4, -0.2) is 35.2 Å². The van der Waals surface area contributed by atoms with Crippen LogP contribution in [0, 0.1) is 10.1 Å². The lowest BCUT2D eigenvalue weighted by atomic mass is 10.0. The molecule has 1 heterocycles. The van der Waals surface area contributed by atoms with Crippen LogP contribution in [0.1, 0.15) is 30.9 Å². The van der Waals surface area contributed by atoms with Crippen LogP contribution in [-0.2, 0) is 20.8 Å². The molecule has 168 valence electrons. The van der Waals surface area contributed by atoms with Gasteiger partial charge in [-0.15, -0.1) is 0 Å². The van der Waals surface area contributed by atoms with Crippen molar-refractivity contribution >= 4 is 38.7 Å². The normalized spacial score (nSPS) is 13.1. The van der Waals surface area contributed by atoms with Gasteiger partial charge in [-0.05, 0) is 37.6 Å². The summed E-state index contributed by atoms with van der Waals surface area (Å²) in [6, 6.07) is 4.69. The molecule has 1 amide bonds. The highest BCUT2D eigenvalue weighted by atomic mass is 35.5. The number of benzene rings is 1. The molecule has 0 radical (unpaired) electrons. The van der Waals surface area contributed by atoms with Gasteiger partial charge in [-0.1, -0.05) is 17.7 Å². The van der Waals surface area contributed by atoms with Crippen LogP contribution in [0.15, 0.2) is 36.5 Å². The molecular weight excluding hydrogens is 463 g/mol. The van der Waals surface area contributed by atoms with Gasteiger partial charge in [0.05, 0.1) is 21.8 Å². The first-order valence-electron chi connectivity index (χ1n) is 8.72. The van der Waals surface area contributed by atoms with E-state index in [4.69, 9.17) is 11.6 Å². The Morgan fingerprint density at radius 1 is 1.26 bits per heavy atom. The van der Waals surface area contributed by atoms with Crippen molar-refractivity contribution < 1.29 is 31.3 Å². The number of rotatable bonds is 7. The van der Waals surface area contributed by atoms with Crippen molar-refractivity contribution in [2.24, 2.45) is 0 Å². The number of halogens is 4. The molecule has 1 aromatic carbocycles. The van der Waals surface area contributed by atoms with Gasteiger partial charge in [0.1, 0.15) is 10.7 Å². The molecule has 0 spiro atoms. The van der Waals surface area contributed by atoms with Crippen molar-refractivity contribution in [1.82, 2.24) is 4.98 Å². The van der Waals surface area contributed by atoms with Gasteiger partial charge < -0.3 is 5.32 Å². The molecule has 0 saturated carbocycles. The Kier molecular flexibility index (Phi) is 7.27. The van der Waals surface area contributed by atoms with E-state index >= 15 is 0 Å². The van der Waals surface area contributed by atoms with Crippen LogP contribution in [0.25, 0.3) is 0 Å². The lowest BCUT2D eigenvalue weighted by molar-refractivity contribution is -0.388. The van der Waals surface area contributed by atoms with E-state index in [1.165, 1.54) is 32.2 Å². The molecule has 8 nitrogen and oxygen atoms in total. The summed E-state index contributed by atoms with van der Waals surface area (Å²) in [5.41, 5.74) is -2.91. The van der Waals surface area contributed by atoms with Gasteiger partial charge in [0.25, 0.3) is 5.69 Å². The number of carbonyl (C=O) groups is 1. The number of aromatic nitrogens is 1. The van der Waals surface area contributed by atoms with E-state index in [0.29, 0.717) is 12.1 Å². The smallest absolute Gasteiger partial charge is 0.326 e. The zero-order valence-corrected chi connectivity index (χ0v) is 17.8. The molecule has 0 fully saturated rings. The summed E-state index contributed by atoms with van der Waals surface area (Å²) in [5.74, 6) is -2.85. The van der Waals surface area contributed by atoms with Crippen molar-refractivity contribution in [2.45, 2.75) is 31.2 Å². The second-order valence-electron chi connectivity index (χ2n) is 6.82. The van der Waals surface area contributed by atoms with Crippen LogP contribution in [0.3, 0.4) is 0 Å². The van der Waals surface area contributed by atoms with Crippen LogP contribution < -0.4 is 5.32 Å². The van der Waals surface area contributed by atoms with E-state index < -0.39 is 55.0 Å². The lowest BCUT2D eigenvalue weighted by Crippen LogP contribution is -2.30. The SMILES string of the molecule is CC(C)S(=O)(=O)CC(C(=O)Nc1ccc([N+](=O)[O-])c(C(F)(F)F)c1)c1ccc(Cl)nc1. The topological polar surface area (TPSA) is 119 Å². The summed E-state index contributed by atoms with van der Waals surface area (Å²) in [6.45, 7) is 2.85. The van der Waals surface area contributed by atoms with Crippen LogP contribution in [0.2, 0.25) is 5.15 Å². The van der Waals surface area contributed by atoms with Gasteiger partial charge in [-0.25, -0.2) is 13.4 Å². The van der Waals surface area contributed by atoms with Crippen molar-refractivity contribution in [3.8, 4) is 0 Å². The standard InChI is InChI=1S/C18H17ClF3N3O5S/c1-10(2)31(29,30)9-13(11-3-6-16(19)23-8-11)17(26)24-12-4-5-15(25(27)28)14(7-12)18(20,21)22/h3-8,10,13H,9H2,1-2H3,(H,24,26). The van der Waals surface area contributed by atoms with Crippen molar-refractivity contribution in [3.63, 3.8) is 0 Å². The minimum absolute atomic E-state index is 0.0970. The lowest BCUT2D eigenvalue weighted by Gasteiger charge is -2.19. The van der Waals surface area contributed by atoms with Gasteiger partial charge in [-0.3, -0.25) is 14.9 Å². The second kappa shape index (κ2) is 9.18. The van der Waals surface area contributed by atoms with Crippen LogP contribution >= 0.6 is 11.6 Å². The van der Waals surface area contributed by atoms with Gasteiger partial charge in [0.2, 0.25) is 5.91 Å². The third kappa shape index (κ3) is 6.14.